The number of methoxy groups -OCH3 is 1. The molecule has 0 heterocycles. The first-order chi connectivity index (χ1) is 5.99. The minimum Gasteiger partial charge on any atom is -0.377 e. The lowest BCUT2D eigenvalue weighted by Crippen LogP contribution is -2.50. The molecule has 0 amide bonds. The number of hydrogen-bond acceptors (Lipinski definition) is 2. The maximum Gasteiger partial charge on any atom is 0.0777 e. The Hall–Kier alpha value is -0.0800. The van der Waals surface area contributed by atoms with Gasteiger partial charge in [0.1, 0.15) is 0 Å². The van der Waals surface area contributed by atoms with Crippen molar-refractivity contribution in [3.8, 4) is 0 Å². The van der Waals surface area contributed by atoms with Crippen LogP contribution in [0, 0.1) is 5.92 Å². The van der Waals surface area contributed by atoms with Gasteiger partial charge in [-0.15, -0.1) is 0 Å². The van der Waals surface area contributed by atoms with Crippen molar-refractivity contribution in [3.63, 3.8) is 0 Å². The van der Waals surface area contributed by atoms with E-state index in [2.05, 4.69) is 33.0 Å². The first kappa shape index (κ1) is 12.9. The fourth-order valence-electron chi connectivity index (χ4n) is 2.07. The van der Waals surface area contributed by atoms with Crippen LogP contribution < -0.4 is 5.32 Å². The van der Waals surface area contributed by atoms with E-state index in [9.17, 15) is 0 Å². The summed E-state index contributed by atoms with van der Waals surface area (Å²) in [7, 11) is 3.79. The first-order valence-corrected chi connectivity index (χ1v) is 5.22. The number of ether oxygens (including phenoxy) is 1. The zero-order valence-corrected chi connectivity index (χ0v) is 9.98. The van der Waals surface area contributed by atoms with Gasteiger partial charge < -0.3 is 10.1 Å². The van der Waals surface area contributed by atoms with Crippen molar-refractivity contribution < 1.29 is 4.74 Å². The second kappa shape index (κ2) is 5.61. The van der Waals surface area contributed by atoms with Gasteiger partial charge >= 0.3 is 0 Å². The Kier molecular flexibility index (Phi) is 5.57. The summed E-state index contributed by atoms with van der Waals surface area (Å²) in [5, 5.41) is 3.35. The molecular weight excluding hydrogens is 162 g/mol. The number of nitrogens with one attached hydrogen (secondary N) is 1. The van der Waals surface area contributed by atoms with E-state index in [4.69, 9.17) is 4.74 Å². The monoisotopic (exact) mass is 187 g/mol. The summed E-state index contributed by atoms with van der Waals surface area (Å²) >= 11 is 0. The highest BCUT2D eigenvalue weighted by Crippen LogP contribution is 2.23. The molecule has 0 spiro atoms. The Balaban J connectivity index is 4.31. The zero-order chi connectivity index (χ0) is 10.5. The minimum atomic E-state index is -0.0800. The van der Waals surface area contributed by atoms with Crippen LogP contribution in [0.5, 0.6) is 0 Å². The molecule has 0 aliphatic rings. The van der Waals surface area contributed by atoms with Gasteiger partial charge in [-0.2, -0.15) is 0 Å². The van der Waals surface area contributed by atoms with Crippen LogP contribution in [-0.2, 0) is 4.74 Å². The summed E-state index contributed by atoms with van der Waals surface area (Å²) in [6, 6.07) is 0.428. The molecule has 0 radical (unpaired) electrons. The van der Waals surface area contributed by atoms with Gasteiger partial charge in [-0.05, 0) is 33.2 Å². The smallest absolute Gasteiger partial charge is 0.0777 e. The second-order valence-electron chi connectivity index (χ2n) is 4.34. The van der Waals surface area contributed by atoms with E-state index < -0.39 is 0 Å². The molecule has 2 heteroatoms. The van der Waals surface area contributed by atoms with Gasteiger partial charge in [0.05, 0.1) is 5.60 Å². The van der Waals surface area contributed by atoms with E-state index in [-0.39, 0.29) is 5.60 Å². The first-order valence-electron chi connectivity index (χ1n) is 5.22. The lowest BCUT2D eigenvalue weighted by molar-refractivity contribution is -0.0243. The Morgan fingerprint density at radius 3 is 2.23 bits per heavy atom. The summed E-state index contributed by atoms with van der Waals surface area (Å²) in [5.74, 6) is 0.657. The van der Waals surface area contributed by atoms with Crippen LogP contribution in [0.4, 0.5) is 0 Å². The third-order valence-corrected chi connectivity index (χ3v) is 2.90. The highest BCUT2D eigenvalue weighted by atomic mass is 16.5. The summed E-state index contributed by atoms with van der Waals surface area (Å²) < 4.78 is 5.50. The van der Waals surface area contributed by atoms with Gasteiger partial charge in [-0.3, -0.25) is 0 Å². The third-order valence-electron chi connectivity index (χ3n) is 2.90. The average Bonchev–Trinajstić information content (AvgIpc) is 2.05. The van der Waals surface area contributed by atoms with Gasteiger partial charge in [0.25, 0.3) is 0 Å². The van der Waals surface area contributed by atoms with Crippen LogP contribution >= 0.6 is 0 Å². The van der Waals surface area contributed by atoms with E-state index in [1.54, 1.807) is 7.11 Å². The Bertz CT molecular complexity index is 134. The van der Waals surface area contributed by atoms with Crippen molar-refractivity contribution in [1.29, 1.82) is 0 Å². The lowest BCUT2D eigenvalue weighted by atomic mass is 9.85. The molecule has 0 saturated heterocycles. The largest absolute Gasteiger partial charge is 0.377 e. The third kappa shape index (κ3) is 3.65. The number of rotatable bonds is 6. The molecule has 0 aromatic carbocycles. The second-order valence-corrected chi connectivity index (χ2v) is 4.34. The predicted molar refractivity (Wildman–Crippen MR) is 58.0 cm³/mol. The van der Waals surface area contributed by atoms with Crippen molar-refractivity contribution in [1.82, 2.24) is 5.32 Å². The fourth-order valence-corrected chi connectivity index (χ4v) is 2.07. The SMILES string of the molecule is CCCC(C)C(NC)C(C)(C)OC. The molecule has 0 aliphatic carbocycles. The van der Waals surface area contributed by atoms with Gasteiger partial charge in [0.15, 0.2) is 0 Å². The summed E-state index contributed by atoms with van der Waals surface area (Å²) in [5.41, 5.74) is -0.0800. The number of likely N-dealkylation sites (N-methyl/N-ethyl adjacent to an activating group) is 1. The van der Waals surface area contributed by atoms with Crippen LogP contribution in [-0.4, -0.2) is 25.8 Å². The van der Waals surface area contributed by atoms with Crippen molar-refractivity contribution in [3.05, 3.63) is 0 Å². The molecule has 0 bridgehead atoms. The Morgan fingerprint density at radius 1 is 1.38 bits per heavy atom. The normalized spacial score (nSPS) is 17.1. The van der Waals surface area contributed by atoms with E-state index in [1.165, 1.54) is 12.8 Å². The maximum atomic E-state index is 5.50. The molecule has 2 nitrogen and oxygen atoms in total. The van der Waals surface area contributed by atoms with E-state index in [1.807, 2.05) is 7.05 Å². The quantitative estimate of drug-likeness (QED) is 0.689. The van der Waals surface area contributed by atoms with Crippen molar-refractivity contribution in [2.45, 2.75) is 52.2 Å². The van der Waals surface area contributed by atoms with Gasteiger partial charge in [0, 0.05) is 13.2 Å². The maximum absolute atomic E-state index is 5.50. The summed E-state index contributed by atoms with van der Waals surface area (Å²) in [4.78, 5) is 0. The minimum absolute atomic E-state index is 0.0800. The summed E-state index contributed by atoms with van der Waals surface area (Å²) in [6.45, 7) is 8.79. The van der Waals surface area contributed by atoms with Gasteiger partial charge in [0.2, 0.25) is 0 Å². The van der Waals surface area contributed by atoms with Crippen LogP contribution in [0.1, 0.15) is 40.5 Å². The molecule has 0 aliphatic heterocycles. The average molecular weight is 187 g/mol. The zero-order valence-electron chi connectivity index (χ0n) is 9.98. The van der Waals surface area contributed by atoms with Gasteiger partial charge in [-0.25, -0.2) is 0 Å². The molecule has 0 saturated carbocycles. The molecule has 0 aromatic heterocycles. The van der Waals surface area contributed by atoms with Crippen molar-refractivity contribution in [2.75, 3.05) is 14.2 Å². The Morgan fingerprint density at radius 2 is 1.92 bits per heavy atom. The van der Waals surface area contributed by atoms with Crippen LogP contribution in [0.3, 0.4) is 0 Å². The number of hydrogen-bond donors (Lipinski definition) is 1. The molecule has 2 atom stereocenters. The lowest BCUT2D eigenvalue weighted by Gasteiger charge is -2.37. The van der Waals surface area contributed by atoms with Gasteiger partial charge in [-0.1, -0.05) is 20.3 Å². The molecule has 1 N–H and O–H groups in total. The standard InChI is InChI=1S/C11H25NO/c1-7-8-9(2)10(12-5)11(3,4)13-6/h9-10,12H,7-8H2,1-6H3. The summed E-state index contributed by atoms with van der Waals surface area (Å²) in [6.07, 6.45) is 2.48. The highest BCUT2D eigenvalue weighted by molar-refractivity contribution is 4.87. The van der Waals surface area contributed by atoms with Crippen LogP contribution in [0.15, 0.2) is 0 Å². The van der Waals surface area contributed by atoms with Crippen molar-refractivity contribution >= 4 is 0 Å². The molecule has 0 rings (SSSR count). The van der Waals surface area contributed by atoms with E-state index in [0.717, 1.165) is 0 Å². The topological polar surface area (TPSA) is 21.3 Å². The van der Waals surface area contributed by atoms with E-state index >= 15 is 0 Å². The molecule has 0 aromatic rings. The van der Waals surface area contributed by atoms with Crippen LogP contribution in [0.25, 0.3) is 0 Å². The van der Waals surface area contributed by atoms with E-state index in [0.29, 0.717) is 12.0 Å². The molecule has 80 valence electrons. The van der Waals surface area contributed by atoms with Crippen LogP contribution in [0.2, 0.25) is 0 Å². The highest BCUT2D eigenvalue weighted by Gasteiger charge is 2.31. The molecule has 13 heavy (non-hydrogen) atoms. The molecule has 2 unspecified atom stereocenters. The molecule has 0 fully saturated rings. The fraction of sp³-hybridized carbons (Fsp3) is 1.00. The molecular formula is C11H25NO. The van der Waals surface area contributed by atoms with Crippen molar-refractivity contribution in [2.24, 2.45) is 5.92 Å². The predicted octanol–water partition coefficient (Wildman–Crippen LogP) is 2.44. The Labute approximate surface area is 83.1 Å².